The van der Waals surface area contributed by atoms with Crippen LogP contribution in [0.4, 0.5) is 5.69 Å². The SMILES string of the molecule is CC(C)(C)c1nc2c(c(CC(C)(C)c3ccc4cc[nH]c4n3)n1)N=C(N)C2. The maximum Gasteiger partial charge on any atom is 0.137 e. The molecule has 0 amide bonds. The zero-order chi connectivity index (χ0) is 19.4. The highest BCUT2D eigenvalue weighted by Crippen LogP contribution is 2.35. The summed E-state index contributed by atoms with van der Waals surface area (Å²) >= 11 is 0. The molecule has 6 heteroatoms. The Balaban J connectivity index is 1.77. The number of fused-ring (bicyclic) bond motifs is 2. The summed E-state index contributed by atoms with van der Waals surface area (Å²) in [6.07, 6.45) is 3.23. The van der Waals surface area contributed by atoms with E-state index in [0.29, 0.717) is 12.3 Å². The molecule has 0 unspecified atom stereocenters. The van der Waals surface area contributed by atoms with Crippen molar-refractivity contribution in [2.45, 2.75) is 58.3 Å². The van der Waals surface area contributed by atoms with Crippen LogP contribution in [0.2, 0.25) is 0 Å². The Hall–Kier alpha value is -2.76. The number of hydrogen-bond donors (Lipinski definition) is 2. The van der Waals surface area contributed by atoms with Gasteiger partial charge >= 0.3 is 0 Å². The lowest BCUT2D eigenvalue weighted by molar-refractivity contribution is 0.489. The molecule has 27 heavy (non-hydrogen) atoms. The predicted molar refractivity (Wildman–Crippen MR) is 109 cm³/mol. The molecule has 3 aromatic heterocycles. The largest absolute Gasteiger partial charge is 0.387 e. The molecule has 1 aliphatic rings. The minimum atomic E-state index is -0.205. The van der Waals surface area contributed by atoms with Crippen LogP contribution in [0.5, 0.6) is 0 Å². The number of rotatable bonds is 3. The highest BCUT2D eigenvalue weighted by atomic mass is 15.0. The molecule has 3 N–H and O–H groups in total. The van der Waals surface area contributed by atoms with Crippen molar-refractivity contribution in [2.24, 2.45) is 10.7 Å². The summed E-state index contributed by atoms with van der Waals surface area (Å²) in [6, 6.07) is 6.24. The normalized spacial score (nSPS) is 14.5. The van der Waals surface area contributed by atoms with Gasteiger partial charge in [-0.1, -0.05) is 34.6 Å². The number of aromatic amines is 1. The summed E-state index contributed by atoms with van der Waals surface area (Å²) < 4.78 is 0. The molecule has 4 rings (SSSR count). The minimum Gasteiger partial charge on any atom is -0.387 e. The van der Waals surface area contributed by atoms with E-state index >= 15 is 0 Å². The molecule has 0 radical (unpaired) electrons. The van der Waals surface area contributed by atoms with Crippen LogP contribution in [-0.2, 0) is 23.7 Å². The topological polar surface area (TPSA) is 92.8 Å². The third kappa shape index (κ3) is 3.20. The number of nitrogens with zero attached hydrogens (tertiary/aromatic N) is 4. The molecule has 0 fully saturated rings. The van der Waals surface area contributed by atoms with E-state index in [1.165, 1.54) is 0 Å². The molecule has 4 heterocycles. The number of hydrogen-bond acceptors (Lipinski definition) is 5. The van der Waals surface area contributed by atoms with E-state index in [9.17, 15) is 0 Å². The van der Waals surface area contributed by atoms with Crippen molar-refractivity contribution >= 4 is 22.6 Å². The van der Waals surface area contributed by atoms with E-state index in [0.717, 1.165) is 46.0 Å². The van der Waals surface area contributed by atoms with E-state index in [-0.39, 0.29) is 10.8 Å². The monoisotopic (exact) mass is 362 g/mol. The smallest absolute Gasteiger partial charge is 0.137 e. The second-order valence-electron chi connectivity index (χ2n) is 8.99. The maximum atomic E-state index is 6.00. The van der Waals surface area contributed by atoms with E-state index < -0.39 is 0 Å². The molecule has 1 aliphatic heterocycles. The van der Waals surface area contributed by atoms with E-state index in [2.05, 4.69) is 56.7 Å². The van der Waals surface area contributed by atoms with Gasteiger partial charge in [-0.2, -0.15) is 0 Å². The summed E-state index contributed by atoms with van der Waals surface area (Å²) in [7, 11) is 0. The molecular formula is C21H26N6. The standard InChI is InChI=1S/C21H26N6/c1-20(2,3)19-24-13-10-16(22)27-17(13)14(25-19)11-21(4,5)15-7-6-12-8-9-23-18(12)26-15/h6-9H,10-11H2,1-5H3,(H2,22,27)(H,23,26). The van der Waals surface area contributed by atoms with Gasteiger partial charge in [0.25, 0.3) is 0 Å². The van der Waals surface area contributed by atoms with Crippen LogP contribution in [0.3, 0.4) is 0 Å². The number of nitrogens with two attached hydrogens (primary N) is 1. The Kier molecular flexibility index (Phi) is 3.84. The number of pyridine rings is 1. The Labute approximate surface area is 159 Å². The second kappa shape index (κ2) is 5.87. The van der Waals surface area contributed by atoms with Gasteiger partial charge in [0.05, 0.1) is 11.4 Å². The lowest BCUT2D eigenvalue weighted by atomic mass is 9.83. The van der Waals surface area contributed by atoms with Gasteiger partial charge in [-0.3, -0.25) is 0 Å². The Morgan fingerprint density at radius 2 is 1.81 bits per heavy atom. The molecule has 6 nitrogen and oxygen atoms in total. The summed E-state index contributed by atoms with van der Waals surface area (Å²) in [5.41, 5.74) is 10.3. The lowest BCUT2D eigenvalue weighted by Crippen LogP contribution is -2.25. The first kappa shape index (κ1) is 17.6. The molecular weight excluding hydrogens is 336 g/mol. The Morgan fingerprint density at radius 3 is 2.56 bits per heavy atom. The van der Waals surface area contributed by atoms with Gasteiger partial charge < -0.3 is 10.7 Å². The van der Waals surface area contributed by atoms with Crippen LogP contribution in [-0.4, -0.2) is 25.8 Å². The molecule has 0 spiro atoms. The first-order valence-corrected chi connectivity index (χ1v) is 9.31. The van der Waals surface area contributed by atoms with Crippen LogP contribution < -0.4 is 5.73 Å². The van der Waals surface area contributed by atoms with Crippen molar-refractivity contribution in [1.82, 2.24) is 19.9 Å². The fraction of sp³-hybridized carbons (Fsp3) is 0.429. The quantitative estimate of drug-likeness (QED) is 0.743. The number of H-pyrrole nitrogens is 1. The average molecular weight is 362 g/mol. The zero-order valence-electron chi connectivity index (χ0n) is 16.6. The summed E-state index contributed by atoms with van der Waals surface area (Å²) in [4.78, 5) is 22.2. The number of aliphatic imine (C=N–C) groups is 1. The van der Waals surface area contributed by atoms with E-state index in [1.807, 2.05) is 12.3 Å². The van der Waals surface area contributed by atoms with Gasteiger partial charge in [-0.25, -0.2) is 19.9 Å². The van der Waals surface area contributed by atoms with Gasteiger partial charge in [0.15, 0.2) is 0 Å². The number of nitrogens with one attached hydrogen (secondary N) is 1. The van der Waals surface area contributed by atoms with Crippen molar-refractivity contribution < 1.29 is 0 Å². The van der Waals surface area contributed by atoms with Crippen LogP contribution in [0.25, 0.3) is 11.0 Å². The third-order valence-electron chi connectivity index (χ3n) is 5.02. The molecule has 0 saturated carbocycles. The van der Waals surface area contributed by atoms with Gasteiger partial charge in [0.2, 0.25) is 0 Å². The predicted octanol–water partition coefficient (Wildman–Crippen LogP) is 3.72. The van der Waals surface area contributed by atoms with Crippen molar-refractivity contribution in [3.05, 3.63) is 47.3 Å². The molecule has 0 atom stereocenters. The fourth-order valence-electron chi connectivity index (χ4n) is 3.44. The summed E-state index contributed by atoms with van der Waals surface area (Å²) in [5, 5.41) is 1.12. The maximum absolute atomic E-state index is 6.00. The first-order valence-electron chi connectivity index (χ1n) is 9.31. The fourth-order valence-corrected chi connectivity index (χ4v) is 3.44. The van der Waals surface area contributed by atoms with Gasteiger partial charge in [-0.05, 0) is 18.2 Å². The molecule has 140 valence electrons. The summed E-state index contributed by atoms with van der Waals surface area (Å²) in [6.45, 7) is 10.8. The summed E-state index contributed by atoms with van der Waals surface area (Å²) in [5.74, 6) is 1.44. The van der Waals surface area contributed by atoms with E-state index in [4.69, 9.17) is 20.7 Å². The molecule has 0 saturated heterocycles. The van der Waals surface area contributed by atoms with Crippen LogP contribution in [0, 0.1) is 0 Å². The molecule has 0 aromatic carbocycles. The number of aromatic nitrogens is 4. The van der Waals surface area contributed by atoms with Crippen molar-refractivity contribution in [2.75, 3.05) is 0 Å². The van der Waals surface area contributed by atoms with Gasteiger partial charge in [0.1, 0.15) is 23.0 Å². The van der Waals surface area contributed by atoms with Crippen LogP contribution in [0.1, 0.15) is 57.5 Å². The van der Waals surface area contributed by atoms with Gasteiger partial charge in [-0.15, -0.1) is 0 Å². The molecule has 0 bridgehead atoms. The van der Waals surface area contributed by atoms with Crippen molar-refractivity contribution in [1.29, 1.82) is 0 Å². The zero-order valence-corrected chi connectivity index (χ0v) is 16.6. The minimum absolute atomic E-state index is 0.132. The van der Waals surface area contributed by atoms with Crippen LogP contribution in [0.15, 0.2) is 29.4 Å². The van der Waals surface area contributed by atoms with Crippen molar-refractivity contribution in [3.63, 3.8) is 0 Å². The highest BCUT2D eigenvalue weighted by Gasteiger charge is 2.30. The average Bonchev–Trinajstić information content (AvgIpc) is 3.18. The number of amidine groups is 1. The lowest BCUT2D eigenvalue weighted by Gasteiger charge is -2.26. The van der Waals surface area contributed by atoms with Crippen molar-refractivity contribution in [3.8, 4) is 0 Å². The third-order valence-corrected chi connectivity index (χ3v) is 5.02. The van der Waals surface area contributed by atoms with Crippen LogP contribution >= 0.6 is 0 Å². The highest BCUT2D eigenvalue weighted by molar-refractivity contribution is 5.90. The first-order chi connectivity index (χ1) is 12.6. The second-order valence-corrected chi connectivity index (χ2v) is 8.99. The Bertz CT molecular complexity index is 1050. The molecule has 3 aromatic rings. The van der Waals surface area contributed by atoms with E-state index in [1.54, 1.807) is 0 Å². The molecule has 0 aliphatic carbocycles. The van der Waals surface area contributed by atoms with Gasteiger partial charge in [0, 0.05) is 40.9 Å². The Morgan fingerprint density at radius 1 is 1.04 bits per heavy atom.